The van der Waals surface area contributed by atoms with Gasteiger partial charge in [-0.25, -0.2) is 0 Å². The third-order valence-electron chi connectivity index (χ3n) is 2.30. The van der Waals surface area contributed by atoms with Crippen LogP contribution in [0.3, 0.4) is 0 Å². The molecule has 0 radical (unpaired) electrons. The van der Waals surface area contributed by atoms with Gasteiger partial charge in [-0.05, 0) is 18.2 Å². The molecule has 4 nitrogen and oxygen atoms in total. The molecule has 0 atom stereocenters. The van der Waals surface area contributed by atoms with Crippen LogP contribution in [-0.2, 0) is 17.1 Å². The lowest BCUT2D eigenvalue weighted by Gasteiger charge is -2.15. The van der Waals surface area contributed by atoms with E-state index in [-0.39, 0.29) is 18.2 Å². The highest BCUT2D eigenvalue weighted by Crippen LogP contribution is 2.36. The van der Waals surface area contributed by atoms with Crippen LogP contribution in [0, 0.1) is 0 Å². The number of carboxylic acids is 1. The lowest BCUT2D eigenvalue weighted by molar-refractivity contribution is -0.141. The molecule has 0 aromatic heterocycles. The first-order chi connectivity index (χ1) is 9.43. The van der Waals surface area contributed by atoms with Crippen molar-refractivity contribution >= 4 is 11.9 Å². The normalized spacial score (nSPS) is 12.1. The summed E-state index contributed by atoms with van der Waals surface area (Å²) in [5, 5.41) is 9.89. The van der Waals surface area contributed by atoms with Crippen LogP contribution in [0.2, 0.25) is 0 Å². The van der Waals surface area contributed by atoms with Gasteiger partial charge in [-0.15, -0.1) is 0 Å². The van der Waals surface area contributed by atoms with Gasteiger partial charge >= 0.3 is 18.3 Å². The highest BCUT2D eigenvalue weighted by atomic mass is 19.4. The Morgan fingerprint density at radius 3 is 2.05 bits per heavy atom. The van der Waals surface area contributed by atoms with Gasteiger partial charge in [-0.1, -0.05) is 0 Å². The summed E-state index contributed by atoms with van der Waals surface area (Å²) < 4.78 is 75.4. The highest BCUT2D eigenvalue weighted by Gasteiger charge is 2.38. The maximum atomic E-state index is 12.7. The first kappa shape index (κ1) is 16.8. The van der Waals surface area contributed by atoms with Gasteiger partial charge in [0, 0.05) is 0 Å². The summed E-state index contributed by atoms with van der Waals surface area (Å²) in [5.74, 6) is -3.11. The van der Waals surface area contributed by atoms with Gasteiger partial charge in [-0.2, -0.15) is 26.3 Å². The molecular weight excluding hydrogens is 308 g/mol. The van der Waals surface area contributed by atoms with E-state index in [4.69, 9.17) is 5.11 Å². The Bertz CT molecular complexity index is 564. The molecule has 2 N–H and O–H groups in total. The van der Waals surface area contributed by atoms with Crippen molar-refractivity contribution in [2.45, 2.75) is 12.4 Å². The quantitative estimate of drug-likeness (QED) is 0.843. The number of carbonyl (C=O) groups excluding carboxylic acids is 1. The summed E-state index contributed by atoms with van der Waals surface area (Å²) in [5.41, 5.74) is -4.33. The van der Waals surface area contributed by atoms with Gasteiger partial charge < -0.3 is 10.4 Å². The highest BCUT2D eigenvalue weighted by molar-refractivity contribution is 5.97. The van der Waals surface area contributed by atoms with Gasteiger partial charge in [0.1, 0.15) is 6.54 Å². The maximum absolute atomic E-state index is 12.7. The molecule has 10 heteroatoms. The largest absolute Gasteiger partial charge is 0.480 e. The average molecular weight is 315 g/mol. The molecule has 0 bridgehead atoms. The van der Waals surface area contributed by atoms with Crippen molar-refractivity contribution < 1.29 is 41.0 Å². The fourth-order valence-electron chi connectivity index (χ4n) is 1.41. The van der Waals surface area contributed by atoms with Crippen molar-refractivity contribution in [1.29, 1.82) is 0 Å². The Kier molecular flexibility index (Phi) is 4.49. The molecule has 0 aliphatic heterocycles. The number of aliphatic carboxylic acids is 1. The molecule has 0 aliphatic rings. The summed E-state index contributed by atoms with van der Waals surface area (Å²) in [6.45, 7) is -1.02. The molecule has 116 valence electrons. The Hall–Kier alpha value is -2.26. The van der Waals surface area contributed by atoms with E-state index in [1.165, 1.54) is 0 Å². The number of hydrogen-bond donors (Lipinski definition) is 2. The number of nitrogens with one attached hydrogen (secondary N) is 1. The van der Waals surface area contributed by atoms with Crippen molar-refractivity contribution in [3.05, 3.63) is 34.9 Å². The second-order valence-corrected chi connectivity index (χ2v) is 3.83. The standard InChI is InChI=1S/C11H7F6NO3/c12-10(13,14)5-1-2-7(11(15,16)17)6(3-5)9(21)18-4-8(19)20/h1-3H,4H2,(H,18,21)(H,19,20). The van der Waals surface area contributed by atoms with Crippen molar-refractivity contribution in [3.63, 3.8) is 0 Å². The van der Waals surface area contributed by atoms with Gasteiger partial charge in [0.25, 0.3) is 5.91 Å². The number of amides is 1. The molecular formula is C11H7F6NO3. The monoisotopic (exact) mass is 315 g/mol. The summed E-state index contributed by atoms with van der Waals surface area (Å²) in [7, 11) is 0. The third-order valence-corrected chi connectivity index (χ3v) is 2.30. The predicted octanol–water partition coefficient (Wildman–Crippen LogP) is 2.54. The van der Waals surface area contributed by atoms with Crippen molar-refractivity contribution in [3.8, 4) is 0 Å². The molecule has 1 aromatic rings. The second kappa shape index (κ2) is 5.62. The molecule has 0 saturated heterocycles. The molecule has 1 aromatic carbocycles. The number of hydrogen-bond acceptors (Lipinski definition) is 2. The van der Waals surface area contributed by atoms with E-state index in [9.17, 15) is 35.9 Å². The van der Waals surface area contributed by atoms with Crippen LogP contribution in [0.5, 0.6) is 0 Å². The predicted molar refractivity (Wildman–Crippen MR) is 56.4 cm³/mol. The summed E-state index contributed by atoms with van der Waals surface area (Å²) in [4.78, 5) is 21.7. The lowest BCUT2D eigenvalue weighted by Crippen LogP contribution is -2.31. The minimum Gasteiger partial charge on any atom is -0.480 e. The van der Waals surface area contributed by atoms with Crippen molar-refractivity contribution in [1.82, 2.24) is 5.32 Å². The van der Waals surface area contributed by atoms with E-state index in [0.29, 0.717) is 0 Å². The topological polar surface area (TPSA) is 66.4 Å². The Morgan fingerprint density at radius 2 is 1.62 bits per heavy atom. The number of halogens is 6. The minimum atomic E-state index is -5.06. The molecule has 0 heterocycles. The molecule has 0 saturated carbocycles. The molecule has 21 heavy (non-hydrogen) atoms. The minimum absolute atomic E-state index is 0.0278. The van der Waals surface area contributed by atoms with Crippen LogP contribution in [0.1, 0.15) is 21.5 Å². The van der Waals surface area contributed by atoms with E-state index in [2.05, 4.69) is 0 Å². The number of carbonyl (C=O) groups is 2. The molecule has 1 amide bonds. The van der Waals surface area contributed by atoms with Gasteiger partial charge in [-0.3, -0.25) is 9.59 Å². The van der Waals surface area contributed by atoms with Crippen LogP contribution in [-0.4, -0.2) is 23.5 Å². The first-order valence-corrected chi connectivity index (χ1v) is 5.21. The summed E-state index contributed by atoms with van der Waals surface area (Å²) >= 11 is 0. The Morgan fingerprint density at radius 1 is 1.05 bits per heavy atom. The van der Waals surface area contributed by atoms with E-state index >= 15 is 0 Å². The van der Waals surface area contributed by atoms with Crippen LogP contribution in [0.15, 0.2) is 18.2 Å². The molecule has 0 aliphatic carbocycles. The zero-order valence-electron chi connectivity index (χ0n) is 9.97. The molecule has 1 rings (SSSR count). The third kappa shape index (κ3) is 4.36. The fourth-order valence-corrected chi connectivity index (χ4v) is 1.41. The molecule has 0 fully saturated rings. The number of alkyl halides is 6. The van der Waals surface area contributed by atoms with E-state index in [0.717, 1.165) is 0 Å². The summed E-state index contributed by atoms with van der Waals surface area (Å²) in [6.07, 6.45) is -9.99. The van der Waals surface area contributed by atoms with Crippen LogP contribution < -0.4 is 5.32 Å². The number of rotatable bonds is 3. The smallest absolute Gasteiger partial charge is 0.417 e. The SMILES string of the molecule is O=C(O)CNC(=O)c1cc(C(F)(F)F)ccc1C(F)(F)F. The van der Waals surface area contributed by atoms with E-state index < -0.39 is 47.5 Å². The van der Waals surface area contributed by atoms with Gasteiger partial charge in [0.05, 0.1) is 16.7 Å². The van der Waals surface area contributed by atoms with Gasteiger partial charge in [0.2, 0.25) is 0 Å². The first-order valence-electron chi connectivity index (χ1n) is 5.21. The number of benzene rings is 1. The van der Waals surface area contributed by atoms with Gasteiger partial charge in [0.15, 0.2) is 0 Å². The van der Waals surface area contributed by atoms with E-state index in [1.807, 2.05) is 0 Å². The van der Waals surface area contributed by atoms with Crippen LogP contribution >= 0.6 is 0 Å². The fraction of sp³-hybridized carbons (Fsp3) is 0.273. The Balaban J connectivity index is 3.29. The Labute approximate surface area is 113 Å². The summed E-state index contributed by atoms with van der Waals surface area (Å²) in [6, 6.07) is 0.343. The lowest BCUT2D eigenvalue weighted by atomic mass is 10.0. The molecule has 0 spiro atoms. The maximum Gasteiger partial charge on any atom is 0.417 e. The van der Waals surface area contributed by atoms with Crippen molar-refractivity contribution in [2.75, 3.05) is 6.54 Å². The van der Waals surface area contributed by atoms with E-state index in [1.54, 1.807) is 5.32 Å². The zero-order chi connectivity index (χ0) is 16.4. The van der Waals surface area contributed by atoms with Crippen LogP contribution in [0.4, 0.5) is 26.3 Å². The zero-order valence-corrected chi connectivity index (χ0v) is 9.97. The molecule has 0 unspecified atom stereocenters. The van der Waals surface area contributed by atoms with Crippen LogP contribution in [0.25, 0.3) is 0 Å². The van der Waals surface area contributed by atoms with Crippen molar-refractivity contribution in [2.24, 2.45) is 0 Å². The average Bonchev–Trinajstić information content (AvgIpc) is 2.33. The number of carboxylic acid groups (broad SMARTS) is 1. The second-order valence-electron chi connectivity index (χ2n) is 3.83.